The van der Waals surface area contributed by atoms with E-state index in [1.54, 1.807) is 12.1 Å². The maximum atomic E-state index is 12.8. The summed E-state index contributed by atoms with van der Waals surface area (Å²) in [6, 6.07) is 7.26. The van der Waals surface area contributed by atoms with Gasteiger partial charge in [-0.2, -0.15) is 0 Å². The topological polar surface area (TPSA) is 229 Å². The van der Waals surface area contributed by atoms with Crippen LogP contribution in [0.5, 0.6) is 23.0 Å². The Hall–Kier alpha value is -0.770. The summed E-state index contributed by atoms with van der Waals surface area (Å²) in [4.78, 5) is 35.2. The van der Waals surface area contributed by atoms with Gasteiger partial charge in [0.05, 0.1) is 35.0 Å². The van der Waals surface area contributed by atoms with Crippen molar-refractivity contribution < 1.29 is 118 Å². The number of fused-ring (bicyclic) bond motifs is 1. The molecule has 0 saturated heterocycles. The van der Waals surface area contributed by atoms with E-state index < -0.39 is 24.4 Å². The van der Waals surface area contributed by atoms with E-state index in [1.807, 2.05) is 6.92 Å². The number of ketones is 1. The van der Waals surface area contributed by atoms with Gasteiger partial charge in [0.1, 0.15) is 19.3 Å². The molecule has 16 heteroatoms. The van der Waals surface area contributed by atoms with Crippen LogP contribution in [-0.2, 0) is 15.4 Å². The van der Waals surface area contributed by atoms with Gasteiger partial charge in [-0.05, 0) is 36.3 Å². The number of carbonyl (C=O) groups excluding carboxylic acids is 1. The molecule has 1 aliphatic rings. The van der Waals surface area contributed by atoms with Crippen molar-refractivity contribution in [3.8, 4) is 23.0 Å². The number of rotatable bonds is 9. The van der Waals surface area contributed by atoms with Crippen molar-refractivity contribution in [1.29, 1.82) is 0 Å². The summed E-state index contributed by atoms with van der Waals surface area (Å²) in [5.41, 5.74) is 0.628. The summed E-state index contributed by atoms with van der Waals surface area (Å²) in [7, 11) is -5.31. The molecule has 0 bridgehead atoms. The quantitative estimate of drug-likeness (QED) is 0.121. The second-order valence-electron chi connectivity index (χ2n) is 6.40. The van der Waals surface area contributed by atoms with Gasteiger partial charge in [0.15, 0.2) is 23.2 Å². The number of allylic oxidation sites excluding steroid dienone is 1. The molecule has 1 atom stereocenters. The van der Waals surface area contributed by atoms with Crippen molar-refractivity contribution in [2.24, 2.45) is 0 Å². The Labute approximate surface area is 254 Å². The zero-order valence-electron chi connectivity index (χ0n) is 20.2. The van der Waals surface area contributed by atoms with Crippen LogP contribution in [-0.4, -0.2) is 46.1 Å². The fourth-order valence-corrected chi connectivity index (χ4v) is 4.11. The third-order valence-corrected chi connectivity index (χ3v) is 5.73. The minimum Gasteiger partial charge on any atom is -0.780 e. The van der Waals surface area contributed by atoms with Crippen LogP contribution < -0.4 is 87.6 Å². The molecule has 3 rings (SSSR count). The number of phosphoric acid groups is 1. The third-order valence-electron chi connectivity index (χ3n) is 4.16. The van der Waals surface area contributed by atoms with E-state index >= 15 is 0 Å². The monoisotopic (exact) mass is 566 g/mol. The summed E-state index contributed by atoms with van der Waals surface area (Å²) in [6.45, 7) is 2.29. The Morgan fingerprint density at radius 1 is 1.11 bits per heavy atom. The summed E-state index contributed by atoms with van der Waals surface area (Å²) in [5, 5.41) is 0. The van der Waals surface area contributed by atoms with E-state index in [0.29, 0.717) is 28.6 Å². The second-order valence-corrected chi connectivity index (χ2v) is 8.84. The van der Waals surface area contributed by atoms with E-state index in [0.717, 1.165) is 6.42 Å². The van der Waals surface area contributed by atoms with Gasteiger partial charge in [-0.1, -0.05) is 19.1 Å². The number of hydrogen-bond donors (Lipinski definition) is 0. The largest absolute Gasteiger partial charge is 1.00 e. The Balaban J connectivity index is -0.00000218. The van der Waals surface area contributed by atoms with Crippen LogP contribution in [0.3, 0.4) is 0 Å². The van der Waals surface area contributed by atoms with Crippen molar-refractivity contribution in [2.45, 2.75) is 18.2 Å². The molecule has 0 fully saturated rings. The number of ether oxygens (including phenoxy) is 3. The van der Waals surface area contributed by atoms with Crippen LogP contribution in [0.1, 0.15) is 29.3 Å². The maximum Gasteiger partial charge on any atom is 1.00 e. The first-order valence-corrected chi connectivity index (χ1v) is 11.9. The summed E-state index contributed by atoms with van der Waals surface area (Å²) >= 11 is 0. The van der Waals surface area contributed by atoms with Crippen molar-refractivity contribution in [3.63, 3.8) is 0 Å². The molecule has 0 amide bonds. The Morgan fingerprint density at radius 3 is 2.36 bits per heavy atom. The molecule has 36 heavy (non-hydrogen) atoms. The Bertz CT molecular complexity index is 1110. The van der Waals surface area contributed by atoms with E-state index in [2.05, 4.69) is 4.52 Å². The fourth-order valence-electron chi connectivity index (χ4n) is 2.79. The average molecular weight is 566 g/mol. The Morgan fingerprint density at radius 2 is 1.78 bits per heavy atom. The van der Waals surface area contributed by atoms with Crippen molar-refractivity contribution in [1.82, 2.24) is 0 Å². The predicted octanol–water partition coefficient (Wildman–Crippen LogP) is -6.42. The van der Waals surface area contributed by atoms with Crippen LogP contribution in [0, 0.1) is 0 Å². The zero-order chi connectivity index (χ0) is 22.6. The van der Waals surface area contributed by atoms with Gasteiger partial charge in [-0.15, -0.1) is 0 Å². The van der Waals surface area contributed by atoms with Crippen LogP contribution in [0.25, 0.3) is 6.08 Å². The van der Waals surface area contributed by atoms with Gasteiger partial charge in [0.2, 0.25) is 0 Å². The SMILES string of the molecule is CCCOc1cc2c(cc1C(=O)/C=C/c1ccc(OC)c(OP(=O)([O-])[O-])c1)OCS2=O.O.O.O.[Na+].[Na+]. The van der Waals surface area contributed by atoms with Crippen molar-refractivity contribution in [2.75, 3.05) is 19.7 Å². The van der Waals surface area contributed by atoms with Crippen LogP contribution in [0.2, 0.25) is 0 Å². The zero-order valence-corrected chi connectivity index (χ0v) is 25.9. The van der Waals surface area contributed by atoms with Gasteiger partial charge >= 0.3 is 59.1 Å². The van der Waals surface area contributed by atoms with E-state index in [4.69, 9.17) is 14.2 Å². The first-order valence-electron chi connectivity index (χ1n) is 9.16. The van der Waals surface area contributed by atoms with Gasteiger partial charge < -0.3 is 49.5 Å². The molecule has 0 spiro atoms. The number of carbonyl (C=O) groups is 1. The smallest absolute Gasteiger partial charge is 0.780 e. The van der Waals surface area contributed by atoms with E-state index in [9.17, 15) is 23.4 Å². The minimum atomic E-state index is -5.29. The molecule has 1 aliphatic heterocycles. The Kier molecular flexibility index (Phi) is 19.5. The summed E-state index contributed by atoms with van der Waals surface area (Å²) in [6.07, 6.45) is 3.40. The molecule has 1 unspecified atom stereocenters. The van der Waals surface area contributed by atoms with Gasteiger partial charge in [-0.25, -0.2) is 0 Å². The molecule has 2 aromatic rings. The predicted molar refractivity (Wildman–Crippen MR) is 120 cm³/mol. The number of phosphoric ester groups is 1. The molecular formula is C20H25Na2O12PS. The molecule has 0 aromatic heterocycles. The van der Waals surface area contributed by atoms with E-state index in [-0.39, 0.29) is 98.5 Å². The fraction of sp³-hybridized carbons (Fsp3) is 0.250. The number of benzene rings is 2. The van der Waals surface area contributed by atoms with Gasteiger partial charge in [0.25, 0.3) is 0 Å². The first kappa shape index (κ1) is 39.7. The molecule has 0 radical (unpaired) electrons. The molecule has 2 aromatic carbocycles. The normalized spacial score (nSPS) is 13.3. The van der Waals surface area contributed by atoms with Crippen molar-refractivity contribution >= 4 is 30.5 Å². The molecule has 1 heterocycles. The number of hydrogen-bond acceptors (Lipinski definition) is 9. The molecular weight excluding hydrogens is 541 g/mol. The summed E-state index contributed by atoms with van der Waals surface area (Å²) < 4.78 is 43.4. The molecule has 0 aliphatic carbocycles. The minimum absolute atomic E-state index is 0. The number of methoxy groups -OCH3 is 1. The first-order chi connectivity index (χ1) is 14.7. The average Bonchev–Trinajstić information content (AvgIpc) is 3.08. The van der Waals surface area contributed by atoms with Gasteiger partial charge in [-0.3, -0.25) is 9.00 Å². The molecule has 0 saturated carbocycles. The van der Waals surface area contributed by atoms with Crippen molar-refractivity contribution in [3.05, 3.63) is 47.5 Å². The summed E-state index contributed by atoms with van der Waals surface area (Å²) in [5.74, 6) is 0.0350. The third kappa shape index (κ3) is 10.5. The van der Waals surface area contributed by atoms with Gasteiger partial charge in [0, 0.05) is 6.07 Å². The molecule has 190 valence electrons. The van der Waals surface area contributed by atoms with Crippen LogP contribution in [0.4, 0.5) is 0 Å². The standard InChI is InChI=1S/C20H21O9PS.2Na.3H2O/c1-3-8-27-17-11-20-19(28-12-31(20)25)10-14(17)15(21)6-4-13-5-7-16(26-2)18(9-13)29-30(22,23)24;;;;;/h4-7,9-11H,3,8,12H2,1-2H3,(H2,22,23,24);;;3*1H2/q;2*+1;;;/p-2/b6-4+;;;;;. The van der Waals surface area contributed by atoms with Crippen LogP contribution in [0.15, 0.2) is 41.3 Å². The van der Waals surface area contributed by atoms with E-state index in [1.165, 1.54) is 37.5 Å². The molecule has 6 N–H and O–H groups in total. The molecule has 12 nitrogen and oxygen atoms in total. The van der Waals surface area contributed by atoms with Crippen LogP contribution >= 0.6 is 7.82 Å². The second kappa shape index (κ2) is 17.7. The maximum absolute atomic E-state index is 12.8.